The molecule has 4 rings (SSSR count). The van der Waals surface area contributed by atoms with Crippen LogP contribution >= 0.6 is 23.1 Å². The summed E-state index contributed by atoms with van der Waals surface area (Å²) in [7, 11) is 0.728. The highest BCUT2D eigenvalue weighted by atomic mass is 32.2. The topological polar surface area (TPSA) is 110 Å². The molecule has 1 atom stereocenters. The van der Waals surface area contributed by atoms with Crippen molar-refractivity contribution in [3.63, 3.8) is 0 Å². The second-order valence-corrected chi connectivity index (χ2v) is 13.0. The zero-order valence-corrected chi connectivity index (χ0v) is 21.5. The summed E-state index contributed by atoms with van der Waals surface area (Å²) < 4.78 is 31.3. The molecule has 0 spiro atoms. The molecule has 1 aromatic heterocycles. The van der Waals surface area contributed by atoms with Gasteiger partial charge >= 0.3 is 0 Å². The normalized spacial score (nSPS) is 18.9. The number of nitrogens with zero attached hydrogens (tertiary/aromatic N) is 3. The summed E-state index contributed by atoms with van der Waals surface area (Å²) in [6.07, 6.45) is 3.59. The van der Waals surface area contributed by atoms with Crippen LogP contribution in [-0.2, 0) is 24.2 Å². The van der Waals surface area contributed by atoms with Crippen molar-refractivity contribution in [3.05, 3.63) is 36.0 Å². The van der Waals surface area contributed by atoms with Gasteiger partial charge in [0.15, 0.2) is 26.8 Å². The Labute approximate surface area is 207 Å². The van der Waals surface area contributed by atoms with Crippen molar-refractivity contribution in [1.82, 2.24) is 9.88 Å². The van der Waals surface area contributed by atoms with Crippen molar-refractivity contribution >= 4 is 49.7 Å². The molecule has 1 amide bonds. The van der Waals surface area contributed by atoms with Crippen LogP contribution in [-0.4, -0.2) is 80.9 Å². The number of benzene rings is 1. The first kappa shape index (κ1) is 25.1. The molecule has 1 N–H and O–H groups in total. The molecule has 2 heterocycles. The summed E-state index contributed by atoms with van der Waals surface area (Å²) in [4.78, 5) is 25.3. The van der Waals surface area contributed by atoms with Crippen molar-refractivity contribution in [3.8, 4) is 0 Å². The van der Waals surface area contributed by atoms with Crippen LogP contribution in [0.1, 0.15) is 24.8 Å². The van der Waals surface area contributed by atoms with Crippen LogP contribution in [0.15, 0.2) is 44.7 Å². The van der Waals surface area contributed by atoms with E-state index in [1.54, 1.807) is 30.1 Å². The molecule has 184 valence electrons. The van der Waals surface area contributed by atoms with Gasteiger partial charge in [-0.3, -0.25) is 10.1 Å². The molecule has 1 aliphatic carbocycles. The van der Waals surface area contributed by atoms with Crippen LogP contribution in [0.4, 0.5) is 5.13 Å². The zero-order chi connectivity index (χ0) is 24.1. The SMILES string of the molecule is CN(C)CCSc1cnc(NC(=O)/C(=N/O[C@@H]2CCOC2)c2ccc(S(=O)(=O)C3CC3)cc2)s1. The van der Waals surface area contributed by atoms with Gasteiger partial charge in [0.2, 0.25) is 0 Å². The monoisotopic (exact) mass is 524 g/mol. The lowest BCUT2D eigenvalue weighted by molar-refractivity contribution is -0.110. The van der Waals surface area contributed by atoms with Crippen LogP contribution in [0.3, 0.4) is 0 Å². The summed E-state index contributed by atoms with van der Waals surface area (Å²) in [5.41, 5.74) is 0.516. The zero-order valence-electron chi connectivity index (χ0n) is 19.1. The predicted molar refractivity (Wildman–Crippen MR) is 134 cm³/mol. The Balaban J connectivity index is 1.48. The molecule has 1 saturated carbocycles. The number of anilines is 1. The number of hydrogen-bond acceptors (Lipinski definition) is 10. The number of carbonyl (C=O) groups excluding carboxylic acids is 1. The molecule has 34 heavy (non-hydrogen) atoms. The van der Waals surface area contributed by atoms with E-state index in [4.69, 9.17) is 9.57 Å². The number of ether oxygens (including phenoxy) is 1. The Hall–Kier alpha value is -1.99. The van der Waals surface area contributed by atoms with Gasteiger partial charge in [0, 0.05) is 24.3 Å². The minimum absolute atomic E-state index is 0.0549. The van der Waals surface area contributed by atoms with Gasteiger partial charge in [-0.1, -0.05) is 28.6 Å². The maximum Gasteiger partial charge on any atom is 0.280 e. The first-order chi connectivity index (χ1) is 16.3. The average Bonchev–Trinajstić information content (AvgIpc) is 3.38. The fraction of sp³-hybridized carbons (Fsp3) is 0.500. The van der Waals surface area contributed by atoms with E-state index in [2.05, 4.69) is 20.4 Å². The number of carbonyl (C=O) groups is 1. The number of rotatable bonds is 11. The molecular weight excluding hydrogens is 496 g/mol. The third-order valence-corrected chi connectivity index (χ3v) is 9.67. The maximum absolute atomic E-state index is 13.1. The fourth-order valence-corrected chi connectivity index (χ4v) is 6.90. The highest BCUT2D eigenvalue weighted by Gasteiger charge is 2.36. The van der Waals surface area contributed by atoms with Crippen molar-refractivity contribution in [2.24, 2.45) is 5.16 Å². The Kier molecular flexibility index (Phi) is 8.25. The van der Waals surface area contributed by atoms with Crippen LogP contribution < -0.4 is 5.32 Å². The van der Waals surface area contributed by atoms with Crippen LogP contribution in [0, 0.1) is 0 Å². The van der Waals surface area contributed by atoms with E-state index >= 15 is 0 Å². The van der Waals surface area contributed by atoms with Crippen LogP contribution in [0.25, 0.3) is 0 Å². The second-order valence-electron chi connectivity index (χ2n) is 8.39. The summed E-state index contributed by atoms with van der Waals surface area (Å²) in [5, 5.41) is 7.09. The highest BCUT2D eigenvalue weighted by Crippen LogP contribution is 2.33. The lowest BCUT2D eigenvalue weighted by Crippen LogP contribution is -2.25. The van der Waals surface area contributed by atoms with Crippen LogP contribution in [0.2, 0.25) is 0 Å². The van der Waals surface area contributed by atoms with Crippen LogP contribution in [0.5, 0.6) is 0 Å². The van der Waals surface area contributed by atoms with E-state index in [0.717, 1.165) is 16.5 Å². The van der Waals surface area contributed by atoms with Crippen molar-refractivity contribution in [2.45, 2.75) is 39.7 Å². The number of oxime groups is 1. The largest absolute Gasteiger partial charge is 0.389 e. The number of hydrogen-bond donors (Lipinski definition) is 1. The Bertz CT molecular complexity index is 1120. The number of nitrogens with one attached hydrogen (secondary N) is 1. The number of thiazole rings is 1. The van der Waals surface area contributed by atoms with E-state index in [0.29, 0.717) is 43.2 Å². The lowest BCUT2D eigenvalue weighted by Gasteiger charge is -2.10. The Morgan fingerprint density at radius 2 is 2.06 bits per heavy atom. The van der Waals surface area contributed by atoms with Gasteiger partial charge in [-0.25, -0.2) is 13.4 Å². The molecule has 2 fully saturated rings. The third-order valence-electron chi connectivity index (χ3n) is 5.30. The minimum Gasteiger partial charge on any atom is -0.389 e. The first-order valence-electron chi connectivity index (χ1n) is 11.0. The molecule has 0 radical (unpaired) electrons. The van der Waals surface area contributed by atoms with E-state index in [9.17, 15) is 13.2 Å². The highest BCUT2D eigenvalue weighted by molar-refractivity contribution is 8.01. The summed E-state index contributed by atoms with van der Waals surface area (Å²) >= 11 is 3.07. The smallest absolute Gasteiger partial charge is 0.280 e. The number of aromatic nitrogens is 1. The van der Waals surface area contributed by atoms with E-state index in [1.807, 2.05) is 14.1 Å². The van der Waals surface area contributed by atoms with E-state index < -0.39 is 15.7 Å². The molecule has 0 unspecified atom stereocenters. The van der Waals surface area contributed by atoms with Gasteiger partial charge in [-0.15, -0.1) is 11.8 Å². The predicted octanol–water partition coefficient (Wildman–Crippen LogP) is 2.88. The first-order valence-corrected chi connectivity index (χ1v) is 14.4. The van der Waals surface area contributed by atoms with Crippen molar-refractivity contribution in [2.75, 3.05) is 44.9 Å². The van der Waals surface area contributed by atoms with Gasteiger partial charge < -0.3 is 14.5 Å². The summed E-state index contributed by atoms with van der Waals surface area (Å²) in [5.74, 6) is 0.443. The Morgan fingerprint density at radius 1 is 1.29 bits per heavy atom. The fourth-order valence-electron chi connectivity index (χ4n) is 3.19. The van der Waals surface area contributed by atoms with Gasteiger partial charge in [-0.2, -0.15) is 0 Å². The number of sulfone groups is 1. The van der Waals surface area contributed by atoms with E-state index in [-0.39, 0.29) is 22.0 Å². The molecule has 12 heteroatoms. The third kappa shape index (κ3) is 6.57. The molecule has 0 bridgehead atoms. The molecule has 2 aromatic rings. The van der Waals surface area contributed by atoms with Gasteiger partial charge in [-0.05, 0) is 39.1 Å². The number of thioether (sulfide) groups is 1. The quantitative estimate of drug-likeness (QED) is 0.271. The standard InChI is InChI=1S/C22H28N4O5S3/c1-26(2)10-12-32-19-13-23-22(33-19)24-21(27)20(25-31-16-9-11-30-14-16)15-3-5-17(6-4-15)34(28,29)18-7-8-18/h3-6,13,16,18H,7-12,14H2,1-2H3,(H,23,24,27)/b25-20+/t16-/m1/s1. The maximum atomic E-state index is 13.1. The van der Waals surface area contributed by atoms with Gasteiger partial charge in [0.05, 0.1) is 33.8 Å². The number of amides is 1. The second kappa shape index (κ2) is 11.2. The van der Waals surface area contributed by atoms with Gasteiger partial charge in [0.1, 0.15) is 0 Å². The summed E-state index contributed by atoms with van der Waals surface area (Å²) in [6.45, 7) is 1.94. The molecule has 9 nitrogen and oxygen atoms in total. The summed E-state index contributed by atoms with van der Waals surface area (Å²) in [6, 6.07) is 6.22. The average molecular weight is 525 g/mol. The van der Waals surface area contributed by atoms with Crippen molar-refractivity contribution in [1.29, 1.82) is 0 Å². The van der Waals surface area contributed by atoms with E-state index in [1.165, 1.54) is 23.5 Å². The molecule has 1 aliphatic heterocycles. The molecule has 1 aromatic carbocycles. The molecular formula is C22H28N4O5S3. The van der Waals surface area contributed by atoms with Gasteiger partial charge in [0.25, 0.3) is 5.91 Å². The lowest BCUT2D eigenvalue weighted by atomic mass is 10.1. The Morgan fingerprint density at radius 3 is 2.71 bits per heavy atom. The minimum atomic E-state index is -3.31. The van der Waals surface area contributed by atoms with Crippen molar-refractivity contribution < 1.29 is 22.8 Å². The molecule has 1 saturated heterocycles. The molecule has 2 aliphatic rings.